The molecule has 1 aromatic heterocycles. The third kappa shape index (κ3) is 1.43. The first-order valence-electron chi connectivity index (χ1n) is 5.20. The highest BCUT2D eigenvalue weighted by atomic mass is 16.5. The molecular formula is C10H13N3O2. The molecule has 2 fully saturated rings. The summed E-state index contributed by atoms with van der Waals surface area (Å²) in [6.07, 6.45) is 3.71. The first-order chi connectivity index (χ1) is 7.34. The molecule has 0 atom stereocenters. The molecule has 0 aliphatic carbocycles. The van der Waals surface area contributed by atoms with E-state index in [0.29, 0.717) is 19.3 Å². The first-order valence-corrected chi connectivity index (χ1v) is 5.20. The molecule has 5 nitrogen and oxygen atoms in total. The van der Waals surface area contributed by atoms with Gasteiger partial charge >= 0.3 is 0 Å². The van der Waals surface area contributed by atoms with Crippen molar-refractivity contribution in [1.82, 2.24) is 14.7 Å². The number of aromatic nitrogens is 2. The molecule has 0 bridgehead atoms. The summed E-state index contributed by atoms with van der Waals surface area (Å²) in [5, 5.41) is 4.17. The van der Waals surface area contributed by atoms with E-state index in [-0.39, 0.29) is 11.8 Å². The van der Waals surface area contributed by atoms with Crippen molar-refractivity contribution in [3.8, 4) is 0 Å². The second-order valence-corrected chi connectivity index (χ2v) is 4.12. The van der Waals surface area contributed by atoms with Crippen LogP contribution in [-0.2, 0) is 9.53 Å². The molecule has 0 saturated carbocycles. The maximum atomic E-state index is 11.7. The predicted molar refractivity (Wildman–Crippen MR) is 52.2 cm³/mol. The van der Waals surface area contributed by atoms with E-state index in [9.17, 15) is 4.79 Å². The van der Waals surface area contributed by atoms with Gasteiger partial charge in [-0.25, -0.2) is 0 Å². The Morgan fingerprint density at radius 1 is 1.40 bits per heavy atom. The number of amides is 1. The Balaban J connectivity index is 1.55. The van der Waals surface area contributed by atoms with Gasteiger partial charge in [-0.3, -0.25) is 9.48 Å². The van der Waals surface area contributed by atoms with Gasteiger partial charge < -0.3 is 9.64 Å². The van der Waals surface area contributed by atoms with Crippen molar-refractivity contribution in [2.45, 2.75) is 6.04 Å². The first kappa shape index (κ1) is 8.91. The van der Waals surface area contributed by atoms with Gasteiger partial charge in [-0.2, -0.15) is 5.10 Å². The van der Waals surface area contributed by atoms with Crippen LogP contribution >= 0.6 is 0 Å². The Labute approximate surface area is 87.6 Å². The second kappa shape index (κ2) is 3.34. The maximum Gasteiger partial charge on any atom is 0.230 e. The topological polar surface area (TPSA) is 47.4 Å². The predicted octanol–water partition coefficient (Wildman–Crippen LogP) is -0.0872. The molecule has 2 aliphatic rings. The lowest BCUT2D eigenvalue weighted by Crippen LogP contribution is -2.55. The van der Waals surface area contributed by atoms with Crippen LogP contribution in [0.15, 0.2) is 18.5 Å². The minimum absolute atomic E-state index is 0.114. The van der Waals surface area contributed by atoms with Crippen molar-refractivity contribution >= 4 is 5.91 Å². The van der Waals surface area contributed by atoms with E-state index < -0.39 is 0 Å². The fourth-order valence-electron chi connectivity index (χ4n) is 1.94. The number of hydrogen-bond donors (Lipinski definition) is 0. The lowest BCUT2D eigenvalue weighted by Gasteiger charge is -2.42. The molecule has 1 amide bonds. The molecule has 0 aromatic carbocycles. The maximum absolute atomic E-state index is 11.7. The summed E-state index contributed by atoms with van der Waals surface area (Å²) in [6, 6.07) is 2.27. The summed E-state index contributed by atoms with van der Waals surface area (Å²) < 4.78 is 6.93. The summed E-state index contributed by atoms with van der Waals surface area (Å²) in [5.74, 6) is 0.355. The SMILES string of the molecule is O=C(C1COC1)N1CC(n2cccn2)C1. The van der Waals surface area contributed by atoms with Crippen LogP contribution in [0.2, 0.25) is 0 Å². The van der Waals surface area contributed by atoms with Crippen LogP contribution in [0.1, 0.15) is 6.04 Å². The highest BCUT2D eigenvalue weighted by Crippen LogP contribution is 2.24. The van der Waals surface area contributed by atoms with Crippen molar-refractivity contribution in [2.24, 2.45) is 5.92 Å². The van der Waals surface area contributed by atoms with Gasteiger partial charge in [0, 0.05) is 25.5 Å². The van der Waals surface area contributed by atoms with E-state index in [0.717, 1.165) is 13.1 Å². The van der Waals surface area contributed by atoms with Crippen molar-refractivity contribution in [1.29, 1.82) is 0 Å². The monoisotopic (exact) mass is 207 g/mol. The molecule has 15 heavy (non-hydrogen) atoms. The largest absolute Gasteiger partial charge is 0.380 e. The Bertz CT molecular complexity index is 353. The fraction of sp³-hybridized carbons (Fsp3) is 0.600. The highest BCUT2D eigenvalue weighted by Gasteiger charge is 2.38. The number of rotatable bonds is 2. The van der Waals surface area contributed by atoms with Crippen LogP contribution in [-0.4, -0.2) is 46.9 Å². The van der Waals surface area contributed by atoms with E-state index >= 15 is 0 Å². The minimum Gasteiger partial charge on any atom is -0.380 e. The molecule has 3 rings (SSSR count). The number of ether oxygens (including phenoxy) is 1. The lowest BCUT2D eigenvalue weighted by molar-refractivity contribution is -0.155. The van der Waals surface area contributed by atoms with Crippen LogP contribution in [0.25, 0.3) is 0 Å². The van der Waals surface area contributed by atoms with Crippen molar-refractivity contribution in [2.75, 3.05) is 26.3 Å². The number of nitrogens with zero attached hydrogens (tertiary/aromatic N) is 3. The van der Waals surface area contributed by atoms with Crippen LogP contribution in [0.4, 0.5) is 0 Å². The average molecular weight is 207 g/mol. The molecule has 80 valence electrons. The number of likely N-dealkylation sites (tertiary alicyclic amines) is 1. The Kier molecular flexibility index (Phi) is 1.98. The zero-order valence-electron chi connectivity index (χ0n) is 8.37. The number of carbonyl (C=O) groups is 1. The van der Waals surface area contributed by atoms with E-state index in [1.807, 2.05) is 21.8 Å². The second-order valence-electron chi connectivity index (χ2n) is 4.12. The van der Waals surface area contributed by atoms with Gasteiger partial charge in [-0.05, 0) is 6.07 Å². The van der Waals surface area contributed by atoms with E-state index in [2.05, 4.69) is 5.10 Å². The number of hydrogen-bond acceptors (Lipinski definition) is 3. The van der Waals surface area contributed by atoms with Gasteiger partial charge in [0.15, 0.2) is 0 Å². The van der Waals surface area contributed by atoms with Gasteiger partial charge in [0.2, 0.25) is 5.91 Å². The molecular weight excluding hydrogens is 194 g/mol. The summed E-state index contributed by atoms with van der Waals surface area (Å²) >= 11 is 0. The Morgan fingerprint density at radius 3 is 2.73 bits per heavy atom. The van der Waals surface area contributed by atoms with Gasteiger partial charge in [0.05, 0.1) is 25.2 Å². The third-order valence-electron chi connectivity index (χ3n) is 3.06. The van der Waals surface area contributed by atoms with E-state index in [1.54, 1.807) is 6.20 Å². The molecule has 2 saturated heterocycles. The van der Waals surface area contributed by atoms with Crippen LogP contribution in [0, 0.1) is 5.92 Å². The smallest absolute Gasteiger partial charge is 0.230 e. The van der Waals surface area contributed by atoms with E-state index in [4.69, 9.17) is 4.74 Å². The highest BCUT2D eigenvalue weighted by molar-refractivity contribution is 5.80. The summed E-state index contributed by atoms with van der Waals surface area (Å²) in [4.78, 5) is 13.6. The van der Waals surface area contributed by atoms with Crippen molar-refractivity contribution in [3.05, 3.63) is 18.5 Å². The summed E-state index contributed by atoms with van der Waals surface area (Å²) in [6.45, 7) is 2.78. The van der Waals surface area contributed by atoms with E-state index in [1.165, 1.54) is 0 Å². The normalized spacial score (nSPS) is 22.3. The standard InChI is InChI=1S/C10H13N3O2/c14-10(8-6-15-7-8)12-4-9(5-12)13-3-1-2-11-13/h1-3,8-9H,4-7H2. The third-order valence-corrected chi connectivity index (χ3v) is 3.06. The lowest BCUT2D eigenvalue weighted by atomic mass is 10.0. The average Bonchev–Trinajstić information content (AvgIpc) is 2.50. The molecule has 0 spiro atoms. The molecule has 0 radical (unpaired) electrons. The van der Waals surface area contributed by atoms with Gasteiger partial charge in [-0.15, -0.1) is 0 Å². The molecule has 3 heterocycles. The molecule has 5 heteroatoms. The zero-order chi connectivity index (χ0) is 10.3. The minimum atomic E-state index is 0.114. The van der Waals surface area contributed by atoms with Crippen LogP contribution in [0.3, 0.4) is 0 Å². The van der Waals surface area contributed by atoms with Crippen LogP contribution in [0.5, 0.6) is 0 Å². The summed E-state index contributed by atoms with van der Waals surface area (Å²) in [5.41, 5.74) is 0. The molecule has 0 unspecified atom stereocenters. The zero-order valence-corrected chi connectivity index (χ0v) is 8.37. The Hall–Kier alpha value is -1.36. The van der Waals surface area contributed by atoms with Gasteiger partial charge in [-0.1, -0.05) is 0 Å². The van der Waals surface area contributed by atoms with Crippen LogP contribution < -0.4 is 0 Å². The number of carbonyl (C=O) groups excluding carboxylic acids is 1. The fourth-order valence-corrected chi connectivity index (χ4v) is 1.94. The molecule has 2 aliphatic heterocycles. The Morgan fingerprint density at radius 2 is 2.20 bits per heavy atom. The quantitative estimate of drug-likeness (QED) is 0.681. The molecule has 1 aromatic rings. The molecule has 0 N–H and O–H groups in total. The van der Waals surface area contributed by atoms with Crippen molar-refractivity contribution < 1.29 is 9.53 Å². The van der Waals surface area contributed by atoms with Crippen molar-refractivity contribution in [3.63, 3.8) is 0 Å². The summed E-state index contributed by atoms with van der Waals surface area (Å²) in [7, 11) is 0. The van der Waals surface area contributed by atoms with Gasteiger partial charge in [0.25, 0.3) is 0 Å². The van der Waals surface area contributed by atoms with Gasteiger partial charge in [0.1, 0.15) is 0 Å².